The highest BCUT2D eigenvalue weighted by molar-refractivity contribution is 7.89. The number of sulfonamides is 1. The molecule has 3 rings (SSSR count). The molecule has 2 aromatic rings. The van der Waals surface area contributed by atoms with Crippen LogP contribution in [0.3, 0.4) is 0 Å². The zero-order valence-corrected chi connectivity index (χ0v) is 19.0. The fourth-order valence-corrected chi connectivity index (χ4v) is 5.28. The summed E-state index contributed by atoms with van der Waals surface area (Å²) in [6.45, 7) is 6.88. The van der Waals surface area contributed by atoms with Crippen molar-refractivity contribution >= 4 is 39.2 Å². The average molecular weight is 450 g/mol. The highest BCUT2D eigenvalue weighted by Crippen LogP contribution is 2.31. The van der Waals surface area contributed by atoms with E-state index in [1.165, 1.54) is 22.7 Å². The number of hydrogen-bond donors (Lipinski definition) is 1. The van der Waals surface area contributed by atoms with E-state index >= 15 is 0 Å². The Morgan fingerprint density at radius 3 is 2.43 bits per heavy atom. The predicted molar refractivity (Wildman–Crippen MR) is 123 cm³/mol. The number of halogens is 1. The first-order valence-electron chi connectivity index (χ1n) is 10.3. The summed E-state index contributed by atoms with van der Waals surface area (Å²) < 4.78 is 27.4. The van der Waals surface area contributed by atoms with Crippen LogP contribution < -0.4 is 4.90 Å². The second-order valence-electron chi connectivity index (χ2n) is 7.25. The summed E-state index contributed by atoms with van der Waals surface area (Å²) in [6.07, 6.45) is 4.31. The molecule has 1 saturated heterocycles. The van der Waals surface area contributed by atoms with Crippen LogP contribution in [-0.4, -0.2) is 50.2 Å². The molecular formula is C22H28ClN3O3S. The van der Waals surface area contributed by atoms with Gasteiger partial charge >= 0.3 is 0 Å². The molecule has 0 radical (unpaired) electrons. The molecule has 0 spiro atoms. The first-order chi connectivity index (χ1) is 14.4. The zero-order valence-electron chi connectivity index (χ0n) is 17.4. The van der Waals surface area contributed by atoms with Crippen LogP contribution >= 0.6 is 11.6 Å². The van der Waals surface area contributed by atoms with E-state index < -0.39 is 10.0 Å². The molecule has 1 aliphatic rings. The molecule has 0 aliphatic carbocycles. The third-order valence-corrected chi connectivity index (χ3v) is 7.57. The number of anilines is 1. The van der Waals surface area contributed by atoms with E-state index in [1.807, 2.05) is 6.07 Å². The molecule has 1 aliphatic heterocycles. The molecule has 6 nitrogen and oxygen atoms in total. The van der Waals surface area contributed by atoms with Crippen molar-refractivity contribution in [2.75, 3.05) is 31.1 Å². The lowest BCUT2D eigenvalue weighted by Gasteiger charge is -2.26. The minimum absolute atomic E-state index is 0.108. The van der Waals surface area contributed by atoms with Crippen molar-refractivity contribution in [2.45, 2.75) is 38.0 Å². The highest BCUT2D eigenvalue weighted by Gasteiger charge is 2.26. The SMILES string of the molecule is CCN(CC)c1ccc(C=Nc2cc(S(=O)(=O)N3CCCCC3)ccc2Cl)c(O)c1. The average Bonchev–Trinajstić information content (AvgIpc) is 2.75. The van der Waals surface area contributed by atoms with Gasteiger partial charge in [-0.05, 0) is 57.0 Å². The molecule has 0 aromatic heterocycles. The molecule has 30 heavy (non-hydrogen) atoms. The Balaban J connectivity index is 1.86. The largest absolute Gasteiger partial charge is 0.507 e. The van der Waals surface area contributed by atoms with Crippen molar-refractivity contribution in [3.05, 3.63) is 47.0 Å². The smallest absolute Gasteiger partial charge is 0.243 e. The quantitative estimate of drug-likeness (QED) is 0.615. The molecule has 0 atom stereocenters. The molecule has 162 valence electrons. The summed E-state index contributed by atoms with van der Waals surface area (Å²) in [6, 6.07) is 9.97. The van der Waals surface area contributed by atoms with Crippen molar-refractivity contribution < 1.29 is 13.5 Å². The van der Waals surface area contributed by atoms with Gasteiger partial charge in [-0.1, -0.05) is 18.0 Å². The standard InChI is InChI=1S/C22H28ClN3O3S/c1-3-25(4-2)18-9-8-17(22(27)14-18)16-24-21-15-19(10-11-20(21)23)30(28,29)26-12-6-5-7-13-26/h8-11,14-16,27H,3-7,12-13H2,1-2H3. The lowest BCUT2D eigenvalue weighted by molar-refractivity contribution is 0.346. The maximum absolute atomic E-state index is 12.9. The van der Waals surface area contributed by atoms with E-state index in [4.69, 9.17) is 11.6 Å². The Bertz CT molecular complexity index is 1010. The van der Waals surface area contributed by atoms with Gasteiger partial charge in [0, 0.05) is 49.7 Å². The third kappa shape index (κ3) is 4.96. The molecule has 0 amide bonds. The van der Waals surface area contributed by atoms with Crippen molar-refractivity contribution in [3.63, 3.8) is 0 Å². The number of piperidine rings is 1. The van der Waals surface area contributed by atoms with Crippen molar-refractivity contribution in [3.8, 4) is 5.75 Å². The van der Waals surface area contributed by atoms with E-state index in [-0.39, 0.29) is 10.6 Å². The van der Waals surface area contributed by atoms with Crippen molar-refractivity contribution in [2.24, 2.45) is 4.99 Å². The summed E-state index contributed by atoms with van der Waals surface area (Å²) in [5.41, 5.74) is 1.82. The molecule has 1 N–H and O–H groups in total. The van der Waals surface area contributed by atoms with Crippen LogP contribution in [0.15, 0.2) is 46.3 Å². The molecule has 1 fully saturated rings. The summed E-state index contributed by atoms with van der Waals surface area (Å²) in [7, 11) is -3.57. The van der Waals surface area contributed by atoms with Gasteiger partial charge in [-0.25, -0.2) is 8.42 Å². The summed E-state index contributed by atoms with van der Waals surface area (Å²) in [5, 5.41) is 10.7. The third-order valence-electron chi connectivity index (χ3n) is 5.36. The first kappa shape index (κ1) is 22.6. The zero-order chi connectivity index (χ0) is 21.7. The molecule has 0 bridgehead atoms. The van der Waals surface area contributed by atoms with E-state index in [1.54, 1.807) is 18.2 Å². The number of phenolic OH excluding ortho intramolecular Hbond substituents is 1. The van der Waals surface area contributed by atoms with Gasteiger partial charge in [-0.3, -0.25) is 4.99 Å². The molecule has 2 aromatic carbocycles. The number of hydrogen-bond acceptors (Lipinski definition) is 5. The van der Waals surface area contributed by atoms with E-state index in [2.05, 4.69) is 23.7 Å². The Morgan fingerprint density at radius 2 is 1.80 bits per heavy atom. The molecule has 1 heterocycles. The number of aromatic hydroxyl groups is 1. The van der Waals surface area contributed by atoms with Crippen LogP contribution in [0.2, 0.25) is 5.02 Å². The fraction of sp³-hybridized carbons (Fsp3) is 0.409. The van der Waals surface area contributed by atoms with E-state index in [0.29, 0.717) is 29.4 Å². The van der Waals surface area contributed by atoms with Gasteiger partial charge in [-0.15, -0.1) is 0 Å². The molecular weight excluding hydrogens is 422 g/mol. The molecule has 8 heteroatoms. The van der Waals surface area contributed by atoms with Gasteiger partial charge < -0.3 is 10.0 Å². The topological polar surface area (TPSA) is 73.2 Å². The van der Waals surface area contributed by atoms with Crippen molar-refractivity contribution in [1.82, 2.24) is 4.31 Å². The normalized spacial score (nSPS) is 15.6. The minimum atomic E-state index is -3.57. The highest BCUT2D eigenvalue weighted by atomic mass is 35.5. The monoisotopic (exact) mass is 449 g/mol. The van der Waals surface area contributed by atoms with Gasteiger partial charge in [-0.2, -0.15) is 4.31 Å². The second kappa shape index (κ2) is 9.81. The lowest BCUT2D eigenvalue weighted by Crippen LogP contribution is -2.35. The van der Waals surface area contributed by atoms with Crippen LogP contribution in [-0.2, 0) is 10.0 Å². The Morgan fingerprint density at radius 1 is 1.10 bits per heavy atom. The number of nitrogens with zero attached hydrogens (tertiary/aromatic N) is 3. The minimum Gasteiger partial charge on any atom is -0.507 e. The van der Waals surface area contributed by atoms with Crippen LogP contribution in [0.4, 0.5) is 11.4 Å². The number of aliphatic imine (C=N–C) groups is 1. The Labute approximate surface area is 183 Å². The predicted octanol–water partition coefficient (Wildman–Crippen LogP) is 4.82. The second-order valence-corrected chi connectivity index (χ2v) is 9.60. The molecule has 0 saturated carbocycles. The summed E-state index contributed by atoms with van der Waals surface area (Å²) in [5.74, 6) is 0.108. The Hall–Kier alpha value is -2.09. The fourth-order valence-electron chi connectivity index (χ4n) is 3.57. The van der Waals surface area contributed by atoms with E-state index in [9.17, 15) is 13.5 Å². The summed E-state index contributed by atoms with van der Waals surface area (Å²) >= 11 is 6.25. The van der Waals surface area contributed by atoms with Crippen LogP contribution in [0.25, 0.3) is 0 Å². The van der Waals surface area contributed by atoms with Crippen molar-refractivity contribution in [1.29, 1.82) is 0 Å². The van der Waals surface area contributed by atoms with E-state index in [0.717, 1.165) is 38.0 Å². The van der Waals surface area contributed by atoms with Crippen LogP contribution in [0.1, 0.15) is 38.7 Å². The molecule has 0 unspecified atom stereocenters. The van der Waals surface area contributed by atoms with Crippen LogP contribution in [0.5, 0.6) is 5.75 Å². The van der Waals surface area contributed by atoms with Gasteiger partial charge in [0.15, 0.2) is 0 Å². The van der Waals surface area contributed by atoms with Gasteiger partial charge in [0.2, 0.25) is 10.0 Å². The number of rotatable bonds is 7. The van der Waals surface area contributed by atoms with Gasteiger partial charge in [0.25, 0.3) is 0 Å². The van der Waals surface area contributed by atoms with Gasteiger partial charge in [0.1, 0.15) is 5.75 Å². The number of phenols is 1. The maximum Gasteiger partial charge on any atom is 0.243 e. The van der Waals surface area contributed by atoms with Crippen LogP contribution in [0, 0.1) is 0 Å². The number of benzene rings is 2. The lowest BCUT2D eigenvalue weighted by atomic mass is 10.2. The van der Waals surface area contributed by atoms with Gasteiger partial charge in [0.05, 0.1) is 15.6 Å². The Kier molecular flexibility index (Phi) is 7.39. The first-order valence-corrected chi connectivity index (χ1v) is 12.1. The summed E-state index contributed by atoms with van der Waals surface area (Å²) in [4.78, 5) is 6.67. The maximum atomic E-state index is 12.9.